The smallest absolute Gasteiger partial charge is 0.191 e. The van der Waals surface area contributed by atoms with Crippen molar-refractivity contribution in [2.45, 2.75) is 39.7 Å². The molecule has 1 unspecified atom stereocenters. The van der Waals surface area contributed by atoms with Crippen molar-refractivity contribution in [2.24, 2.45) is 4.99 Å². The van der Waals surface area contributed by atoms with E-state index in [9.17, 15) is 0 Å². The van der Waals surface area contributed by atoms with E-state index in [1.807, 2.05) is 53.9 Å². The fraction of sp³-hybridized carbons (Fsp3) is 0.375. The number of nitrogens with zero attached hydrogens (tertiary/aromatic N) is 4. The van der Waals surface area contributed by atoms with Crippen LogP contribution in [0.2, 0.25) is 0 Å². The summed E-state index contributed by atoms with van der Waals surface area (Å²) >= 11 is 0. The number of guanidine groups is 1. The van der Waals surface area contributed by atoms with Crippen LogP contribution in [0.5, 0.6) is 5.75 Å². The largest absolute Gasteiger partial charge is 0.490 e. The van der Waals surface area contributed by atoms with Crippen molar-refractivity contribution >= 4 is 22.6 Å². The molecule has 0 saturated heterocycles. The Balaban J connectivity index is 1.39. The number of aliphatic imine (C=N–C) groups is 1. The Kier molecular flexibility index (Phi) is 6.89. The fourth-order valence-corrected chi connectivity index (χ4v) is 3.62. The standard InChI is InChI=1S/C24H30N6O2/c1-4-25-24(26-14-9-13-22-29-28-21-12-6-7-15-30(21)22)27-17(3)20-16-18-10-8-11-19(31-5-2)23(18)32-20/h6-8,10-12,15-17H,4-5,9,13-14H2,1-3H3,(H2,25,26,27). The molecule has 1 aromatic carbocycles. The minimum atomic E-state index is -0.0462. The Morgan fingerprint density at radius 1 is 1.19 bits per heavy atom. The van der Waals surface area contributed by atoms with Crippen LogP contribution < -0.4 is 15.4 Å². The number of hydrogen-bond acceptors (Lipinski definition) is 5. The summed E-state index contributed by atoms with van der Waals surface area (Å²) in [6, 6.07) is 13.9. The van der Waals surface area contributed by atoms with Crippen LogP contribution in [0.15, 0.2) is 58.1 Å². The first-order valence-corrected chi connectivity index (χ1v) is 11.2. The number of furan rings is 1. The Morgan fingerprint density at radius 3 is 2.94 bits per heavy atom. The van der Waals surface area contributed by atoms with E-state index >= 15 is 0 Å². The molecule has 0 aliphatic heterocycles. The third-order valence-corrected chi connectivity index (χ3v) is 5.16. The fourth-order valence-electron chi connectivity index (χ4n) is 3.62. The van der Waals surface area contributed by atoms with Crippen LogP contribution >= 0.6 is 0 Å². The number of rotatable bonds is 9. The summed E-state index contributed by atoms with van der Waals surface area (Å²) in [6.07, 6.45) is 3.68. The molecule has 168 valence electrons. The van der Waals surface area contributed by atoms with Crippen molar-refractivity contribution in [3.8, 4) is 5.75 Å². The van der Waals surface area contributed by atoms with E-state index in [4.69, 9.17) is 14.1 Å². The number of nitrogens with one attached hydrogen (secondary N) is 2. The van der Waals surface area contributed by atoms with Crippen LogP contribution in [0.25, 0.3) is 16.6 Å². The lowest BCUT2D eigenvalue weighted by Gasteiger charge is -2.16. The first kappa shape index (κ1) is 21.7. The molecule has 4 aromatic rings. The molecule has 3 heterocycles. The summed E-state index contributed by atoms with van der Waals surface area (Å²) in [6.45, 7) is 8.15. The Hall–Kier alpha value is -3.55. The number of para-hydroxylation sites is 1. The van der Waals surface area contributed by atoms with Gasteiger partial charge in [0.2, 0.25) is 0 Å². The third kappa shape index (κ3) is 4.85. The molecule has 0 aliphatic carbocycles. The normalized spacial score (nSPS) is 12.9. The monoisotopic (exact) mass is 434 g/mol. The molecular weight excluding hydrogens is 404 g/mol. The molecular formula is C24H30N6O2. The van der Waals surface area contributed by atoms with Crippen molar-refractivity contribution in [3.05, 3.63) is 60.2 Å². The van der Waals surface area contributed by atoms with E-state index < -0.39 is 0 Å². The molecule has 8 nitrogen and oxygen atoms in total. The van der Waals surface area contributed by atoms with Gasteiger partial charge >= 0.3 is 0 Å². The maximum absolute atomic E-state index is 6.12. The van der Waals surface area contributed by atoms with E-state index in [0.29, 0.717) is 13.2 Å². The molecule has 0 fully saturated rings. The van der Waals surface area contributed by atoms with E-state index in [1.165, 1.54) is 0 Å². The van der Waals surface area contributed by atoms with Crippen LogP contribution in [-0.4, -0.2) is 40.3 Å². The molecule has 0 spiro atoms. The lowest BCUT2D eigenvalue weighted by molar-refractivity contribution is 0.336. The van der Waals surface area contributed by atoms with Crippen LogP contribution in [0.1, 0.15) is 44.8 Å². The molecule has 2 N–H and O–H groups in total. The van der Waals surface area contributed by atoms with Crippen molar-refractivity contribution in [1.29, 1.82) is 0 Å². The van der Waals surface area contributed by atoms with E-state index in [1.54, 1.807) is 0 Å². The van der Waals surface area contributed by atoms with Crippen molar-refractivity contribution in [3.63, 3.8) is 0 Å². The second kappa shape index (κ2) is 10.2. The topological polar surface area (TPSA) is 89.0 Å². The maximum atomic E-state index is 6.12. The number of aromatic nitrogens is 3. The van der Waals surface area contributed by atoms with E-state index in [2.05, 4.69) is 40.7 Å². The summed E-state index contributed by atoms with van der Waals surface area (Å²) in [5, 5.41) is 16.3. The average molecular weight is 435 g/mol. The minimum absolute atomic E-state index is 0.0462. The van der Waals surface area contributed by atoms with Gasteiger partial charge in [-0.25, -0.2) is 0 Å². The first-order chi connectivity index (χ1) is 15.7. The van der Waals surface area contributed by atoms with Gasteiger partial charge in [-0.05, 0) is 51.5 Å². The predicted molar refractivity (Wildman–Crippen MR) is 126 cm³/mol. The summed E-state index contributed by atoms with van der Waals surface area (Å²) in [4.78, 5) is 4.73. The van der Waals surface area contributed by atoms with Crippen molar-refractivity contribution in [1.82, 2.24) is 25.2 Å². The van der Waals surface area contributed by atoms with Gasteiger partial charge < -0.3 is 19.8 Å². The predicted octanol–water partition coefficient (Wildman–Crippen LogP) is 4.12. The quantitative estimate of drug-likeness (QED) is 0.234. The summed E-state index contributed by atoms with van der Waals surface area (Å²) in [7, 11) is 0. The van der Waals surface area contributed by atoms with Crippen LogP contribution in [-0.2, 0) is 6.42 Å². The van der Waals surface area contributed by atoms with E-state index in [0.717, 1.165) is 59.3 Å². The average Bonchev–Trinajstić information content (AvgIpc) is 3.42. The zero-order chi connectivity index (χ0) is 22.3. The van der Waals surface area contributed by atoms with Crippen LogP contribution in [0.4, 0.5) is 0 Å². The molecule has 0 amide bonds. The number of hydrogen-bond donors (Lipinski definition) is 2. The molecule has 0 radical (unpaired) electrons. The molecule has 32 heavy (non-hydrogen) atoms. The molecule has 0 bridgehead atoms. The van der Waals surface area contributed by atoms with Gasteiger partial charge in [-0.2, -0.15) is 0 Å². The lowest BCUT2D eigenvalue weighted by atomic mass is 10.2. The van der Waals surface area contributed by atoms with Crippen molar-refractivity contribution < 1.29 is 9.15 Å². The summed E-state index contributed by atoms with van der Waals surface area (Å²) < 4.78 is 13.8. The molecule has 1 atom stereocenters. The highest BCUT2D eigenvalue weighted by Gasteiger charge is 2.15. The van der Waals surface area contributed by atoms with Gasteiger partial charge in [-0.15, -0.1) is 10.2 Å². The zero-order valence-electron chi connectivity index (χ0n) is 18.8. The van der Waals surface area contributed by atoms with Gasteiger partial charge in [0.15, 0.2) is 22.9 Å². The maximum Gasteiger partial charge on any atom is 0.191 e. The highest BCUT2D eigenvalue weighted by Crippen LogP contribution is 2.31. The summed E-state index contributed by atoms with van der Waals surface area (Å²) in [5.41, 5.74) is 1.65. The highest BCUT2D eigenvalue weighted by molar-refractivity contribution is 5.84. The molecule has 0 saturated carbocycles. The van der Waals surface area contributed by atoms with Gasteiger partial charge in [0.25, 0.3) is 0 Å². The van der Waals surface area contributed by atoms with Crippen LogP contribution in [0, 0.1) is 0 Å². The number of pyridine rings is 1. The molecule has 3 aromatic heterocycles. The lowest BCUT2D eigenvalue weighted by Crippen LogP contribution is -2.38. The second-order valence-corrected chi connectivity index (χ2v) is 7.53. The number of benzene rings is 1. The molecule has 0 aliphatic rings. The van der Waals surface area contributed by atoms with Gasteiger partial charge in [0.05, 0.1) is 12.6 Å². The number of fused-ring (bicyclic) bond motifs is 2. The van der Waals surface area contributed by atoms with Gasteiger partial charge in [-0.3, -0.25) is 9.39 Å². The van der Waals surface area contributed by atoms with Gasteiger partial charge in [0.1, 0.15) is 11.6 Å². The second-order valence-electron chi connectivity index (χ2n) is 7.53. The van der Waals surface area contributed by atoms with Gasteiger partial charge in [-0.1, -0.05) is 18.2 Å². The highest BCUT2D eigenvalue weighted by atomic mass is 16.5. The SMILES string of the molecule is CCNC(=NCCCc1nnc2ccccn12)NC(C)c1cc2cccc(OCC)c2o1. The van der Waals surface area contributed by atoms with E-state index in [-0.39, 0.29) is 6.04 Å². The number of aryl methyl sites for hydroxylation is 1. The zero-order valence-corrected chi connectivity index (χ0v) is 18.8. The van der Waals surface area contributed by atoms with Crippen molar-refractivity contribution in [2.75, 3.05) is 19.7 Å². The Labute approximate surface area is 187 Å². The first-order valence-electron chi connectivity index (χ1n) is 11.2. The third-order valence-electron chi connectivity index (χ3n) is 5.16. The van der Waals surface area contributed by atoms with Crippen LogP contribution in [0.3, 0.4) is 0 Å². The van der Waals surface area contributed by atoms with Gasteiger partial charge in [0, 0.05) is 31.1 Å². The minimum Gasteiger partial charge on any atom is -0.490 e. The Morgan fingerprint density at radius 2 is 2.09 bits per heavy atom. The molecule has 4 rings (SSSR count). The Bertz CT molecular complexity index is 1200. The molecule has 8 heteroatoms. The number of ether oxygens (including phenoxy) is 1. The summed E-state index contributed by atoms with van der Waals surface area (Å²) in [5.74, 6) is 3.32.